The summed E-state index contributed by atoms with van der Waals surface area (Å²) in [5, 5.41) is 12.9. The van der Waals surface area contributed by atoms with E-state index in [4.69, 9.17) is 0 Å². The van der Waals surface area contributed by atoms with Gasteiger partial charge in [-0.1, -0.05) is 13.3 Å². The van der Waals surface area contributed by atoms with Gasteiger partial charge in [0.25, 0.3) is 0 Å². The smallest absolute Gasteiger partial charge is 0.320 e. The molecule has 2 saturated heterocycles. The molecule has 2 N–H and O–H groups in total. The first-order valence-electron chi connectivity index (χ1n) is 7.42. The predicted molar refractivity (Wildman–Crippen MR) is 71.7 cm³/mol. The molecule has 4 heteroatoms. The molecule has 18 heavy (non-hydrogen) atoms. The van der Waals surface area contributed by atoms with Gasteiger partial charge in [0.05, 0.1) is 0 Å². The first kappa shape index (κ1) is 13.8. The van der Waals surface area contributed by atoms with Crippen molar-refractivity contribution in [1.29, 1.82) is 0 Å². The molecule has 2 aliphatic rings. The Kier molecular flexibility index (Phi) is 5.01. The molecule has 0 spiro atoms. The number of nitrogens with zero attached hydrogens (tertiary/aromatic N) is 1. The van der Waals surface area contributed by atoms with Gasteiger partial charge >= 0.3 is 5.97 Å². The summed E-state index contributed by atoms with van der Waals surface area (Å²) in [5.41, 5.74) is 0. The Morgan fingerprint density at radius 2 is 2.28 bits per heavy atom. The molecule has 4 nitrogen and oxygen atoms in total. The molecule has 104 valence electrons. The highest BCUT2D eigenvalue weighted by Gasteiger charge is 2.33. The van der Waals surface area contributed by atoms with Gasteiger partial charge in [0.2, 0.25) is 0 Å². The van der Waals surface area contributed by atoms with Gasteiger partial charge in [-0.25, -0.2) is 0 Å². The number of carbonyl (C=O) groups is 1. The van der Waals surface area contributed by atoms with Crippen LogP contribution in [0.5, 0.6) is 0 Å². The van der Waals surface area contributed by atoms with Crippen molar-refractivity contribution in [2.24, 2.45) is 5.92 Å². The average molecular weight is 254 g/mol. The average Bonchev–Trinajstić information content (AvgIpc) is 2.89. The van der Waals surface area contributed by atoms with Crippen LogP contribution in [-0.4, -0.2) is 47.7 Å². The second-order valence-corrected chi connectivity index (χ2v) is 5.74. The van der Waals surface area contributed by atoms with Gasteiger partial charge in [0.15, 0.2) is 0 Å². The van der Waals surface area contributed by atoms with Crippen molar-refractivity contribution in [3.8, 4) is 0 Å². The van der Waals surface area contributed by atoms with Crippen LogP contribution < -0.4 is 5.32 Å². The van der Waals surface area contributed by atoms with E-state index in [0.717, 1.165) is 38.9 Å². The van der Waals surface area contributed by atoms with E-state index >= 15 is 0 Å². The number of hydrogen-bond donors (Lipinski definition) is 2. The third-order valence-electron chi connectivity index (χ3n) is 4.44. The Hall–Kier alpha value is -0.610. The summed E-state index contributed by atoms with van der Waals surface area (Å²) in [6.45, 7) is 5.13. The summed E-state index contributed by atoms with van der Waals surface area (Å²) in [5.74, 6) is 0.0110. The fraction of sp³-hybridized carbons (Fsp3) is 0.929. The van der Waals surface area contributed by atoms with Gasteiger partial charge < -0.3 is 10.4 Å². The molecular formula is C14H26N2O2. The number of aliphatic carboxylic acids is 1. The molecule has 2 rings (SSSR count). The van der Waals surface area contributed by atoms with Crippen LogP contribution >= 0.6 is 0 Å². The third kappa shape index (κ3) is 3.23. The first-order chi connectivity index (χ1) is 8.72. The van der Waals surface area contributed by atoms with Crippen molar-refractivity contribution >= 4 is 5.97 Å². The lowest BCUT2D eigenvalue weighted by molar-refractivity contribution is -0.144. The van der Waals surface area contributed by atoms with Gasteiger partial charge in [-0.05, 0) is 51.1 Å². The zero-order valence-electron chi connectivity index (χ0n) is 11.4. The Morgan fingerprint density at radius 3 is 2.89 bits per heavy atom. The summed E-state index contributed by atoms with van der Waals surface area (Å²) in [6.07, 6.45) is 6.67. The van der Waals surface area contributed by atoms with Crippen LogP contribution in [0, 0.1) is 5.92 Å². The maximum absolute atomic E-state index is 11.4. The largest absolute Gasteiger partial charge is 0.480 e. The lowest BCUT2D eigenvalue weighted by atomic mass is 9.88. The number of carboxylic acid groups (broad SMARTS) is 1. The van der Waals surface area contributed by atoms with E-state index in [1.807, 2.05) is 0 Å². The van der Waals surface area contributed by atoms with E-state index in [1.165, 1.54) is 19.3 Å². The molecule has 2 fully saturated rings. The highest BCUT2D eigenvalue weighted by molar-refractivity contribution is 5.73. The molecule has 0 amide bonds. The summed E-state index contributed by atoms with van der Waals surface area (Å²) in [6, 6.07) is 0.364. The summed E-state index contributed by atoms with van der Waals surface area (Å²) in [4.78, 5) is 13.6. The van der Waals surface area contributed by atoms with Crippen LogP contribution in [0.2, 0.25) is 0 Å². The fourth-order valence-corrected chi connectivity index (χ4v) is 3.50. The quantitative estimate of drug-likeness (QED) is 0.784. The number of likely N-dealkylation sites (tertiary alicyclic amines) is 1. The molecule has 0 aliphatic carbocycles. The van der Waals surface area contributed by atoms with Crippen LogP contribution in [0.4, 0.5) is 0 Å². The Bertz CT molecular complexity index is 277. The highest BCUT2D eigenvalue weighted by Crippen LogP contribution is 2.26. The molecule has 3 unspecified atom stereocenters. The predicted octanol–water partition coefficient (Wildman–Crippen LogP) is 1.70. The number of hydrogen-bond acceptors (Lipinski definition) is 3. The summed E-state index contributed by atoms with van der Waals surface area (Å²) in [7, 11) is 0. The van der Waals surface area contributed by atoms with Gasteiger partial charge in [-0.15, -0.1) is 0 Å². The normalized spacial score (nSPS) is 31.4. The number of carboxylic acids is 1. The molecule has 0 aromatic heterocycles. The van der Waals surface area contributed by atoms with E-state index in [2.05, 4.69) is 17.1 Å². The SMILES string of the molecule is CCCC(C(=O)O)N1CCCC(C2CCCN2)C1. The topological polar surface area (TPSA) is 52.6 Å². The second-order valence-electron chi connectivity index (χ2n) is 5.74. The highest BCUT2D eigenvalue weighted by atomic mass is 16.4. The Morgan fingerprint density at radius 1 is 1.44 bits per heavy atom. The van der Waals surface area contributed by atoms with Gasteiger partial charge in [0.1, 0.15) is 6.04 Å². The molecule has 2 heterocycles. The van der Waals surface area contributed by atoms with E-state index in [0.29, 0.717) is 12.0 Å². The summed E-state index contributed by atoms with van der Waals surface area (Å²) < 4.78 is 0. The van der Waals surface area contributed by atoms with Gasteiger partial charge in [0, 0.05) is 12.6 Å². The Labute approximate surface area is 110 Å². The van der Waals surface area contributed by atoms with Crippen LogP contribution in [0.25, 0.3) is 0 Å². The van der Waals surface area contributed by atoms with Crippen LogP contribution in [0.1, 0.15) is 45.4 Å². The second kappa shape index (κ2) is 6.53. The molecule has 0 bridgehead atoms. The van der Waals surface area contributed by atoms with E-state index in [9.17, 15) is 9.90 Å². The Balaban J connectivity index is 1.93. The van der Waals surface area contributed by atoms with Gasteiger partial charge in [-0.2, -0.15) is 0 Å². The minimum absolute atomic E-state index is 0.265. The minimum atomic E-state index is -0.642. The molecule has 2 aliphatic heterocycles. The maximum atomic E-state index is 11.4. The van der Waals surface area contributed by atoms with E-state index < -0.39 is 5.97 Å². The molecule has 3 atom stereocenters. The zero-order chi connectivity index (χ0) is 13.0. The molecule has 0 radical (unpaired) electrons. The van der Waals surface area contributed by atoms with E-state index in [-0.39, 0.29) is 6.04 Å². The number of piperidine rings is 1. The first-order valence-corrected chi connectivity index (χ1v) is 7.42. The number of rotatable bonds is 5. The summed E-state index contributed by atoms with van der Waals surface area (Å²) >= 11 is 0. The molecule has 0 aromatic carbocycles. The maximum Gasteiger partial charge on any atom is 0.320 e. The monoisotopic (exact) mass is 254 g/mol. The fourth-order valence-electron chi connectivity index (χ4n) is 3.50. The van der Waals surface area contributed by atoms with Crippen LogP contribution in [0.3, 0.4) is 0 Å². The van der Waals surface area contributed by atoms with Gasteiger partial charge in [-0.3, -0.25) is 9.69 Å². The molecular weight excluding hydrogens is 228 g/mol. The lowest BCUT2D eigenvalue weighted by Crippen LogP contribution is -2.50. The van der Waals surface area contributed by atoms with Crippen molar-refractivity contribution in [3.63, 3.8) is 0 Å². The molecule has 0 saturated carbocycles. The number of nitrogens with one attached hydrogen (secondary N) is 1. The van der Waals surface area contributed by atoms with Crippen LogP contribution in [0.15, 0.2) is 0 Å². The van der Waals surface area contributed by atoms with Crippen molar-refractivity contribution in [2.75, 3.05) is 19.6 Å². The van der Waals surface area contributed by atoms with Crippen LogP contribution in [-0.2, 0) is 4.79 Å². The van der Waals surface area contributed by atoms with Crippen molar-refractivity contribution in [3.05, 3.63) is 0 Å². The lowest BCUT2D eigenvalue weighted by Gasteiger charge is -2.38. The molecule has 0 aromatic rings. The van der Waals surface area contributed by atoms with E-state index in [1.54, 1.807) is 0 Å². The standard InChI is InChI=1S/C14H26N2O2/c1-2-5-13(14(17)18)16-9-4-6-11(10-16)12-7-3-8-15-12/h11-13,15H,2-10H2,1H3,(H,17,18). The zero-order valence-corrected chi connectivity index (χ0v) is 11.4. The van der Waals surface area contributed by atoms with Crippen molar-refractivity contribution < 1.29 is 9.90 Å². The minimum Gasteiger partial charge on any atom is -0.480 e. The van der Waals surface area contributed by atoms with Crippen molar-refractivity contribution in [2.45, 2.75) is 57.5 Å². The third-order valence-corrected chi connectivity index (χ3v) is 4.44. The van der Waals surface area contributed by atoms with Crippen molar-refractivity contribution in [1.82, 2.24) is 10.2 Å².